The quantitative estimate of drug-likeness (QED) is 0.284. The molecule has 21 heavy (non-hydrogen) atoms. The van der Waals surface area contributed by atoms with E-state index in [4.69, 9.17) is 23.2 Å². The first kappa shape index (κ1) is 20.9. The second kappa shape index (κ2) is 13.6. The van der Waals surface area contributed by atoms with Crippen molar-refractivity contribution in [2.75, 3.05) is 0 Å². The highest BCUT2D eigenvalue weighted by Crippen LogP contribution is 2.21. The molecule has 0 amide bonds. The molecular formula is C17H30Cl2O2. The maximum atomic E-state index is 11.0. The summed E-state index contributed by atoms with van der Waals surface area (Å²) in [5, 5.41) is -0.423. The van der Waals surface area contributed by atoms with Gasteiger partial charge in [-0.15, -0.1) is 0 Å². The predicted octanol–water partition coefficient (Wildman–Crippen LogP) is 6.08. The Morgan fingerprint density at radius 1 is 0.762 bits per heavy atom. The van der Waals surface area contributed by atoms with Crippen molar-refractivity contribution in [2.24, 2.45) is 11.8 Å². The van der Waals surface area contributed by atoms with Gasteiger partial charge < -0.3 is 0 Å². The highest BCUT2D eigenvalue weighted by atomic mass is 35.5. The number of carbonyl (C=O) groups is 2. The first-order chi connectivity index (χ1) is 9.95. The van der Waals surface area contributed by atoms with Gasteiger partial charge in [0.2, 0.25) is 10.5 Å². The lowest BCUT2D eigenvalue weighted by Crippen LogP contribution is -2.14. The zero-order chi connectivity index (χ0) is 16.1. The number of rotatable bonds is 14. The first-order valence-corrected chi connectivity index (χ1v) is 9.08. The fourth-order valence-corrected chi connectivity index (χ4v) is 2.79. The van der Waals surface area contributed by atoms with Crippen LogP contribution in [0.2, 0.25) is 0 Å². The number of unbranched alkanes of at least 4 members (excludes halogenated alkanes) is 8. The highest BCUT2D eigenvalue weighted by Gasteiger charge is 2.17. The van der Waals surface area contributed by atoms with Crippen LogP contribution in [-0.4, -0.2) is 10.5 Å². The average molecular weight is 337 g/mol. The molecule has 2 unspecified atom stereocenters. The van der Waals surface area contributed by atoms with E-state index in [1.165, 1.54) is 44.9 Å². The summed E-state index contributed by atoms with van der Waals surface area (Å²) in [5.41, 5.74) is 0. The van der Waals surface area contributed by atoms with Gasteiger partial charge in [-0.2, -0.15) is 0 Å². The molecule has 0 saturated carbocycles. The van der Waals surface area contributed by atoms with Gasteiger partial charge in [0.15, 0.2) is 0 Å². The van der Waals surface area contributed by atoms with Gasteiger partial charge in [-0.1, -0.05) is 65.2 Å². The summed E-state index contributed by atoms with van der Waals surface area (Å²) in [7, 11) is 0. The van der Waals surface area contributed by atoms with E-state index in [1.807, 2.05) is 6.92 Å². The summed E-state index contributed by atoms with van der Waals surface area (Å²) in [5.74, 6) is 0.367. The summed E-state index contributed by atoms with van der Waals surface area (Å²) in [6, 6.07) is 0. The lowest BCUT2D eigenvalue weighted by atomic mass is 9.91. The largest absolute Gasteiger partial charge is 0.281 e. The first-order valence-electron chi connectivity index (χ1n) is 8.32. The summed E-state index contributed by atoms with van der Waals surface area (Å²) in [4.78, 5) is 21.6. The number of halogens is 2. The smallest absolute Gasteiger partial charge is 0.224 e. The second-order valence-corrected chi connectivity index (χ2v) is 6.94. The van der Waals surface area contributed by atoms with Crippen molar-refractivity contribution in [3.05, 3.63) is 0 Å². The van der Waals surface area contributed by atoms with Crippen LogP contribution >= 0.6 is 23.2 Å². The van der Waals surface area contributed by atoms with Crippen LogP contribution in [-0.2, 0) is 9.59 Å². The molecule has 0 aromatic heterocycles. The Labute approximate surface area is 140 Å². The molecule has 0 rings (SSSR count). The maximum Gasteiger partial charge on any atom is 0.224 e. The molecule has 0 N–H and O–H groups in total. The van der Waals surface area contributed by atoms with Gasteiger partial charge in [0, 0.05) is 12.3 Å². The third-order valence-corrected chi connectivity index (χ3v) is 4.78. The number of hydrogen-bond donors (Lipinski definition) is 0. The van der Waals surface area contributed by atoms with Crippen LogP contribution in [0.4, 0.5) is 0 Å². The average Bonchev–Trinajstić information content (AvgIpc) is 2.43. The van der Waals surface area contributed by atoms with E-state index in [2.05, 4.69) is 6.92 Å². The van der Waals surface area contributed by atoms with E-state index in [-0.39, 0.29) is 16.4 Å². The molecule has 4 heteroatoms. The molecule has 0 aliphatic heterocycles. The fourth-order valence-electron chi connectivity index (χ4n) is 2.44. The molecule has 0 saturated heterocycles. The van der Waals surface area contributed by atoms with Crippen molar-refractivity contribution in [1.29, 1.82) is 0 Å². The normalized spacial score (nSPS) is 13.9. The fraction of sp³-hybridized carbons (Fsp3) is 0.882. The van der Waals surface area contributed by atoms with Gasteiger partial charge >= 0.3 is 0 Å². The second-order valence-electron chi connectivity index (χ2n) is 6.15. The Hall–Kier alpha value is -0.0800. The van der Waals surface area contributed by atoms with Gasteiger partial charge in [0.1, 0.15) is 0 Å². The van der Waals surface area contributed by atoms with Crippen molar-refractivity contribution in [2.45, 2.75) is 84.5 Å². The number of hydrogen-bond acceptors (Lipinski definition) is 2. The molecule has 0 bridgehead atoms. The zero-order valence-electron chi connectivity index (χ0n) is 13.5. The maximum absolute atomic E-state index is 11.0. The number of carbonyl (C=O) groups excluding carboxylic acids is 2. The van der Waals surface area contributed by atoms with Crippen LogP contribution in [0.15, 0.2) is 0 Å². The van der Waals surface area contributed by atoms with Gasteiger partial charge in [0.05, 0.1) is 0 Å². The Kier molecular flexibility index (Phi) is 13.5. The summed E-state index contributed by atoms with van der Waals surface area (Å²) in [6.07, 6.45) is 12.4. The van der Waals surface area contributed by atoms with Crippen molar-refractivity contribution >= 4 is 33.7 Å². The Morgan fingerprint density at radius 3 is 1.62 bits per heavy atom. The van der Waals surface area contributed by atoms with E-state index >= 15 is 0 Å². The Morgan fingerprint density at radius 2 is 1.19 bits per heavy atom. The standard InChI is InChI=1S/C17H30Cl2O2/c1-14(15(2)17(19)21)12-10-8-6-4-3-5-7-9-11-13-16(18)20/h14-15H,3-13H2,1-2H3. The summed E-state index contributed by atoms with van der Waals surface area (Å²) >= 11 is 10.8. The summed E-state index contributed by atoms with van der Waals surface area (Å²) < 4.78 is 0. The van der Waals surface area contributed by atoms with E-state index in [0.717, 1.165) is 19.3 Å². The Balaban J connectivity index is 3.26. The molecule has 0 fully saturated rings. The van der Waals surface area contributed by atoms with Crippen LogP contribution < -0.4 is 0 Å². The molecular weight excluding hydrogens is 307 g/mol. The minimum absolute atomic E-state index is 0.0217. The van der Waals surface area contributed by atoms with Crippen LogP contribution in [0.5, 0.6) is 0 Å². The van der Waals surface area contributed by atoms with Gasteiger partial charge in [-0.3, -0.25) is 9.59 Å². The van der Waals surface area contributed by atoms with Crippen LogP contribution in [0.25, 0.3) is 0 Å². The van der Waals surface area contributed by atoms with Crippen molar-refractivity contribution in [3.63, 3.8) is 0 Å². The molecule has 0 aromatic carbocycles. The molecule has 0 aromatic rings. The monoisotopic (exact) mass is 336 g/mol. The lowest BCUT2D eigenvalue weighted by molar-refractivity contribution is -0.116. The molecule has 0 radical (unpaired) electrons. The SMILES string of the molecule is CC(CCCCCCCCCCCC(=O)Cl)C(C)C(=O)Cl. The van der Waals surface area contributed by atoms with Gasteiger partial charge in [-0.25, -0.2) is 0 Å². The van der Waals surface area contributed by atoms with Crippen LogP contribution in [0.3, 0.4) is 0 Å². The Bertz CT molecular complexity index is 293. The van der Waals surface area contributed by atoms with Crippen LogP contribution in [0, 0.1) is 11.8 Å². The summed E-state index contributed by atoms with van der Waals surface area (Å²) in [6.45, 7) is 4.02. The molecule has 0 heterocycles. The van der Waals surface area contributed by atoms with E-state index < -0.39 is 0 Å². The minimum atomic E-state index is -0.214. The van der Waals surface area contributed by atoms with Crippen LogP contribution in [0.1, 0.15) is 84.5 Å². The molecule has 2 atom stereocenters. The molecule has 0 spiro atoms. The zero-order valence-corrected chi connectivity index (χ0v) is 15.0. The predicted molar refractivity (Wildman–Crippen MR) is 90.8 cm³/mol. The topological polar surface area (TPSA) is 34.1 Å². The van der Waals surface area contributed by atoms with Crippen molar-refractivity contribution in [3.8, 4) is 0 Å². The highest BCUT2D eigenvalue weighted by molar-refractivity contribution is 6.64. The lowest BCUT2D eigenvalue weighted by Gasteiger charge is -2.15. The third-order valence-electron chi connectivity index (χ3n) is 4.24. The molecule has 124 valence electrons. The minimum Gasteiger partial charge on any atom is -0.281 e. The molecule has 0 aliphatic carbocycles. The van der Waals surface area contributed by atoms with E-state index in [9.17, 15) is 9.59 Å². The molecule has 2 nitrogen and oxygen atoms in total. The van der Waals surface area contributed by atoms with Crippen molar-refractivity contribution < 1.29 is 9.59 Å². The third kappa shape index (κ3) is 13.3. The van der Waals surface area contributed by atoms with Crippen molar-refractivity contribution in [1.82, 2.24) is 0 Å². The van der Waals surface area contributed by atoms with Gasteiger partial charge in [-0.05, 0) is 42.0 Å². The van der Waals surface area contributed by atoms with E-state index in [0.29, 0.717) is 12.3 Å². The molecule has 0 aliphatic rings. The van der Waals surface area contributed by atoms with Gasteiger partial charge in [0.25, 0.3) is 0 Å². The van der Waals surface area contributed by atoms with E-state index in [1.54, 1.807) is 0 Å².